The summed E-state index contributed by atoms with van der Waals surface area (Å²) in [5.41, 5.74) is 1.95. The maximum Gasteiger partial charge on any atom is 0.315 e. The molecule has 1 unspecified atom stereocenters. The van der Waals surface area contributed by atoms with E-state index in [1.165, 1.54) is 7.05 Å². The van der Waals surface area contributed by atoms with Gasteiger partial charge in [0.05, 0.1) is 6.04 Å². The van der Waals surface area contributed by atoms with Crippen LogP contribution in [0.5, 0.6) is 0 Å². The Kier molecular flexibility index (Phi) is 3.99. The Morgan fingerprint density at radius 3 is 2.19 bits per heavy atom. The molecule has 0 aliphatic heterocycles. The molecule has 16 heavy (non-hydrogen) atoms. The molecule has 0 bridgehead atoms. The number of amides is 1. The summed E-state index contributed by atoms with van der Waals surface area (Å²) in [4.78, 5) is 12.2. The third-order valence-electron chi connectivity index (χ3n) is 2.68. The third kappa shape index (κ3) is 2.78. The molecule has 0 heterocycles. The summed E-state index contributed by atoms with van der Waals surface area (Å²) >= 11 is 0. The molecule has 0 aliphatic rings. The van der Waals surface area contributed by atoms with Gasteiger partial charge in [-0.2, -0.15) is 8.78 Å². The summed E-state index contributed by atoms with van der Waals surface area (Å²) in [5.74, 6) is -1.15. The molecule has 0 radical (unpaired) electrons. The molecule has 1 aromatic rings. The molecule has 4 heteroatoms. The highest BCUT2D eigenvalue weighted by molar-refractivity contribution is 5.79. The Hall–Kier alpha value is -1.45. The van der Waals surface area contributed by atoms with Crippen LogP contribution in [-0.2, 0) is 4.79 Å². The zero-order valence-corrected chi connectivity index (χ0v) is 9.58. The first-order chi connectivity index (χ1) is 7.43. The van der Waals surface area contributed by atoms with Crippen LogP contribution in [0.2, 0.25) is 0 Å². The summed E-state index contributed by atoms with van der Waals surface area (Å²) in [5, 5.41) is 0. The van der Waals surface area contributed by atoms with Gasteiger partial charge in [-0.3, -0.25) is 4.79 Å². The first kappa shape index (κ1) is 12.6. The van der Waals surface area contributed by atoms with Crippen molar-refractivity contribution in [2.45, 2.75) is 26.3 Å². The normalized spacial score (nSPS) is 12.6. The highest BCUT2D eigenvalue weighted by Gasteiger charge is 2.24. The van der Waals surface area contributed by atoms with E-state index in [1.807, 2.05) is 31.2 Å². The number of aryl methyl sites for hydroxylation is 1. The van der Waals surface area contributed by atoms with Gasteiger partial charge >= 0.3 is 6.43 Å². The van der Waals surface area contributed by atoms with E-state index in [-0.39, 0.29) is 6.04 Å². The van der Waals surface area contributed by atoms with Crippen LogP contribution >= 0.6 is 0 Å². The van der Waals surface area contributed by atoms with Gasteiger partial charge in [0.1, 0.15) is 0 Å². The van der Waals surface area contributed by atoms with Crippen LogP contribution in [0.4, 0.5) is 8.78 Å². The largest absolute Gasteiger partial charge is 0.334 e. The van der Waals surface area contributed by atoms with Crippen molar-refractivity contribution in [1.29, 1.82) is 0 Å². The van der Waals surface area contributed by atoms with Crippen LogP contribution in [-0.4, -0.2) is 24.3 Å². The standard InChI is InChI=1S/C12H15F2NO/c1-8-4-6-10(7-5-8)9(2)15(3)12(16)11(13)14/h4-7,9,11H,1-3H3. The molecule has 88 valence electrons. The van der Waals surface area contributed by atoms with Crippen molar-refractivity contribution in [2.75, 3.05) is 7.05 Å². The zero-order chi connectivity index (χ0) is 12.3. The summed E-state index contributed by atoms with van der Waals surface area (Å²) < 4.78 is 24.5. The Morgan fingerprint density at radius 2 is 1.75 bits per heavy atom. The average Bonchev–Trinajstić information content (AvgIpc) is 2.27. The van der Waals surface area contributed by atoms with E-state index in [9.17, 15) is 13.6 Å². The van der Waals surface area contributed by atoms with Crippen molar-refractivity contribution in [3.63, 3.8) is 0 Å². The lowest BCUT2D eigenvalue weighted by molar-refractivity contribution is -0.143. The lowest BCUT2D eigenvalue weighted by atomic mass is 10.1. The molecule has 1 atom stereocenters. The van der Waals surface area contributed by atoms with Crippen molar-refractivity contribution >= 4 is 5.91 Å². The van der Waals surface area contributed by atoms with E-state index >= 15 is 0 Å². The molecule has 0 aromatic heterocycles. The number of halogens is 2. The van der Waals surface area contributed by atoms with E-state index in [0.29, 0.717) is 0 Å². The lowest BCUT2D eigenvalue weighted by Gasteiger charge is -2.25. The second kappa shape index (κ2) is 5.05. The maximum atomic E-state index is 12.2. The Balaban J connectivity index is 2.81. The van der Waals surface area contributed by atoms with E-state index in [2.05, 4.69) is 0 Å². The molecule has 0 aliphatic carbocycles. The van der Waals surface area contributed by atoms with E-state index in [4.69, 9.17) is 0 Å². The van der Waals surface area contributed by atoms with Gasteiger partial charge in [0.15, 0.2) is 0 Å². The molecular formula is C12H15F2NO. The second-order valence-corrected chi connectivity index (χ2v) is 3.84. The molecule has 0 N–H and O–H groups in total. The molecule has 1 rings (SSSR count). The van der Waals surface area contributed by atoms with Gasteiger partial charge < -0.3 is 4.90 Å². The number of carbonyl (C=O) groups is 1. The van der Waals surface area contributed by atoms with Gasteiger partial charge in [0, 0.05) is 7.05 Å². The first-order valence-corrected chi connectivity index (χ1v) is 5.05. The number of carbonyl (C=O) groups excluding carboxylic acids is 1. The number of hydrogen-bond donors (Lipinski definition) is 0. The minimum Gasteiger partial charge on any atom is -0.334 e. The molecule has 0 saturated carbocycles. The number of benzene rings is 1. The SMILES string of the molecule is Cc1ccc(C(C)N(C)C(=O)C(F)F)cc1. The molecule has 0 saturated heterocycles. The smallest absolute Gasteiger partial charge is 0.315 e. The fraction of sp³-hybridized carbons (Fsp3) is 0.417. The monoisotopic (exact) mass is 227 g/mol. The Morgan fingerprint density at radius 1 is 1.25 bits per heavy atom. The molecule has 0 spiro atoms. The van der Waals surface area contributed by atoms with E-state index < -0.39 is 12.3 Å². The molecular weight excluding hydrogens is 212 g/mol. The van der Waals surface area contributed by atoms with Crippen LogP contribution in [0.25, 0.3) is 0 Å². The topological polar surface area (TPSA) is 20.3 Å². The van der Waals surface area contributed by atoms with Gasteiger partial charge in [-0.05, 0) is 19.4 Å². The van der Waals surface area contributed by atoms with Crippen LogP contribution < -0.4 is 0 Å². The van der Waals surface area contributed by atoms with Crippen molar-refractivity contribution in [2.24, 2.45) is 0 Å². The first-order valence-electron chi connectivity index (χ1n) is 5.05. The third-order valence-corrected chi connectivity index (χ3v) is 2.68. The predicted molar refractivity (Wildman–Crippen MR) is 58.4 cm³/mol. The molecule has 2 nitrogen and oxygen atoms in total. The van der Waals surface area contributed by atoms with Crippen LogP contribution in [0.1, 0.15) is 24.1 Å². The predicted octanol–water partition coefficient (Wildman–Crippen LogP) is 2.78. The van der Waals surface area contributed by atoms with Crippen molar-refractivity contribution in [3.8, 4) is 0 Å². The summed E-state index contributed by atoms with van der Waals surface area (Å²) in [7, 11) is 1.39. The van der Waals surface area contributed by atoms with Gasteiger partial charge in [-0.1, -0.05) is 29.8 Å². The fourth-order valence-electron chi connectivity index (χ4n) is 1.41. The van der Waals surface area contributed by atoms with E-state index in [1.54, 1.807) is 6.92 Å². The quantitative estimate of drug-likeness (QED) is 0.777. The van der Waals surface area contributed by atoms with Gasteiger partial charge in [0.2, 0.25) is 0 Å². The molecule has 1 amide bonds. The Bertz CT molecular complexity index is 362. The number of alkyl halides is 2. The summed E-state index contributed by atoms with van der Waals surface area (Å²) in [6.07, 6.45) is -2.95. The zero-order valence-electron chi connectivity index (χ0n) is 9.58. The fourth-order valence-corrected chi connectivity index (χ4v) is 1.41. The molecule has 0 fully saturated rings. The minimum absolute atomic E-state index is 0.345. The number of hydrogen-bond acceptors (Lipinski definition) is 1. The van der Waals surface area contributed by atoms with Crippen LogP contribution in [0.15, 0.2) is 24.3 Å². The average molecular weight is 227 g/mol. The maximum absolute atomic E-state index is 12.2. The van der Waals surface area contributed by atoms with Crippen LogP contribution in [0, 0.1) is 6.92 Å². The van der Waals surface area contributed by atoms with Gasteiger partial charge in [-0.15, -0.1) is 0 Å². The van der Waals surface area contributed by atoms with Crippen molar-refractivity contribution in [1.82, 2.24) is 4.90 Å². The number of nitrogens with zero attached hydrogens (tertiary/aromatic N) is 1. The van der Waals surface area contributed by atoms with E-state index in [0.717, 1.165) is 16.0 Å². The Labute approximate surface area is 93.9 Å². The summed E-state index contributed by atoms with van der Waals surface area (Å²) in [6.45, 7) is 3.67. The lowest BCUT2D eigenvalue weighted by Crippen LogP contribution is -2.34. The summed E-state index contributed by atoms with van der Waals surface area (Å²) in [6, 6.07) is 7.13. The molecule has 1 aromatic carbocycles. The highest BCUT2D eigenvalue weighted by Crippen LogP contribution is 2.20. The van der Waals surface area contributed by atoms with Gasteiger partial charge in [-0.25, -0.2) is 0 Å². The minimum atomic E-state index is -2.95. The second-order valence-electron chi connectivity index (χ2n) is 3.84. The van der Waals surface area contributed by atoms with Gasteiger partial charge in [0.25, 0.3) is 5.91 Å². The van der Waals surface area contributed by atoms with Crippen LogP contribution in [0.3, 0.4) is 0 Å². The van der Waals surface area contributed by atoms with Crippen molar-refractivity contribution < 1.29 is 13.6 Å². The van der Waals surface area contributed by atoms with Crippen molar-refractivity contribution in [3.05, 3.63) is 35.4 Å². The highest BCUT2D eigenvalue weighted by atomic mass is 19.3. The number of rotatable bonds is 3.